The predicted molar refractivity (Wildman–Crippen MR) is 96.5 cm³/mol. The summed E-state index contributed by atoms with van der Waals surface area (Å²) in [5.41, 5.74) is 0.102. The number of fused-ring (bicyclic) bond motifs is 1. The van der Waals surface area contributed by atoms with Gasteiger partial charge < -0.3 is 14.5 Å². The number of carbonyl (C=O) groups is 1. The third-order valence-corrected chi connectivity index (χ3v) is 5.24. The number of hydrogen-bond acceptors (Lipinski definition) is 6. The maximum Gasteiger partial charge on any atom is 0.332 e. The molecule has 0 saturated carbocycles. The van der Waals surface area contributed by atoms with Crippen LogP contribution in [-0.2, 0) is 25.4 Å². The quantitative estimate of drug-likeness (QED) is 0.564. The first-order valence-electron chi connectivity index (χ1n) is 7.53. The Kier molecular flexibility index (Phi) is 4.92. The highest BCUT2D eigenvalue weighted by atomic mass is 35.5. The smallest absolute Gasteiger partial charge is 0.332 e. The molecule has 0 spiro atoms. The van der Waals surface area contributed by atoms with Crippen molar-refractivity contribution in [1.82, 2.24) is 18.7 Å². The van der Waals surface area contributed by atoms with Gasteiger partial charge >= 0.3 is 5.69 Å². The van der Waals surface area contributed by atoms with Gasteiger partial charge in [0.1, 0.15) is 0 Å². The van der Waals surface area contributed by atoms with Crippen LogP contribution < -0.4 is 16.4 Å². The monoisotopic (exact) mass is 393 g/mol. The Labute approximate surface area is 156 Å². The minimum absolute atomic E-state index is 0.186. The number of aliphatic carboxylic acids is 1. The molecule has 0 N–H and O–H groups in total. The van der Waals surface area contributed by atoms with Crippen molar-refractivity contribution in [3.05, 3.63) is 55.7 Å². The van der Waals surface area contributed by atoms with Crippen molar-refractivity contribution < 1.29 is 9.90 Å². The second-order valence-corrected chi connectivity index (χ2v) is 6.96. The number of thioether (sulfide) groups is 1. The summed E-state index contributed by atoms with van der Waals surface area (Å²) in [6.45, 7) is 0.207. The number of hydrogen-bond donors (Lipinski definition) is 0. The van der Waals surface area contributed by atoms with Crippen LogP contribution in [-0.4, -0.2) is 30.4 Å². The second-order valence-electron chi connectivity index (χ2n) is 5.61. The van der Waals surface area contributed by atoms with E-state index >= 15 is 0 Å². The van der Waals surface area contributed by atoms with Crippen molar-refractivity contribution in [2.24, 2.45) is 14.1 Å². The zero-order valence-electron chi connectivity index (χ0n) is 13.9. The van der Waals surface area contributed by atoms with Crippen molar-refractivity contribution >= 4 is 40.5 Å². The van der Waals surface area contributed by atoms with Gasteiger partial charge in [-0.05, 0) is 11.6 Å². The molecule has 0 aliphatic heterocycles. The molecule has 2 aromatic heterocycles. The molecule has 26 heavy (non-hydrogen) atoms. The number of aromatic nitrogens is 4. The summed E-state index contributed by atoms with van der Waals surface area (Å²) < 4.78 is 3.81. The van der Waals surface area contributed by atoms with E-state index in [1.165, 1.54) is 18.7 Å². The van der Waals surface area contributed by atoms with E-state index in [1.54, 1.807) is 22.8 Å². The molecule has 0 aliphatic rings. The highest BCUT2D eigenvalue weighted by Gasteiger charge is 2.20. The number of nitrogens with zero attached hydrogens (tertiary/aromatic N) is 4. The minimum atomic E-state index is -1.26. The first-order chi connectivity index (χ1) is 12.3. The fourth-order valence-electron chi connectivity index (χ4n) is 2.60. The number of carboxylic acid groups (broad SMARTS) is 1. The van der Waals surface area contributed by atoms with Crippen LogP contribution in [0.4, 0.5) is 0 Å². The largest absolute Gasteiger partial charge is 0.549 e. The maximum absolute atomic E-state index is 12.7. The highest BCUT2D eigenvalue weighted by Crippen LogP contribution is 2.24. The molecular formula is C16H14ClN4O4S-. The number of carbonyl (C=O) groups excluding carboxylic acids is 1. The molecule has 10 heteroatoms. The second kappa shape index (κ2) is 7.00. The third-order valence-electron chi connectivity index (χ3n) is 3.92. The lowest BCUT2D eigenvalue weighted by molar-refractivity contribution is -0.301. The predicted octanol–water partition coefficient (Wildman–Crippen LogP) is -0.0226. The molecule has 0 amide bonds. The van der Waals surface area contributed by atoms with E-state index in [0.29, 0.717) is 10.2 Å². The number of aryl methyl sites for hydroxylation is 1. The average molecular weight is 394 g/mol. The summed E-state index contributed by atoms with van der Waals surface area (Å²) in [6.07, 6.45) is 0. The van der Waals surface area contributed by atoms with Crippen molar-refractivity contribution in [3.8, 4) is 0 Å². The summed E-state index contributed by atoms with van der Waals surface area (Å²) in [4.78, 5) is 40.0. The van der Waals surface area contributed by atoms with E-state index in [9.17, 15) is 19.5 Å². The zero-order chi connectivity index (χ0) is 19.0. The van der Waals surface area contributed by atoms with Crippen LogP contribution in [0.1, 0.15) is 5.56 Å². The summed E-state index contributed by atoms with van der Waals surface area (Å²) in [7, 11) is 2.88. The molecule has 0 saturated heterocycles. The molecule has 136 valence electrons. The van der Waals surface area contributed by atoms with E-state index in [4.69, 9.17) is 11.6 Å². The van der Waals surface area contributed by atoms with Gasteiger partial charge in [0.25, 0.3) is 5.56 Å². The van der Waals surface area contributed by atoms with Gasteiger partial charge in [-0.3, -0.25) is 13.9 Å². The molecule has 0 radical (unpaired) electrons. The molecule has 3 rings (SSSR count). The Morgan fingerprint density at radius 1 is 1.23 bits per heavy atom. The van der Waals surface area contributed by atoms with Gasteiger partial charge in [-0.15, -0.1) is 0 Å². The minimum Gasteiger partial charge on any atom is -0.549 e. The van der Waals surface area contributed by atoms with Crippen molar-refractivity contribution in [3.63, 3.8) is 0 Å². The van der Waals surface area contributed by atoms with Crippen LogP contribution in [0, 0.1) is 0 Å². The Balaban J connectivity index is 2.28. The highest BCUT2D eigenvalue weighted by molar-refractivity contribution is 7.99. The van der Waals surface area contributed by atoms with Crippen LogP contribution in [0.25, 0.3) is 11.2 Å². The lowest BCUT2D eigenvalue weighted by Crippen LogP contribution is -2.37. The fraction of sp³-hybridized carbons (Fsp3) is 0.250. The van der Waals surface area contributed by atoms with E-state index < -0.39 is 17.2 Å². The van der Waals surface area contributed by atoms with Gasteiger partial charge in [0.2, 0.25) is 0 Å². The van der Waals surface area contributed by atoms with Crippen molar-refractivity contribution in [2.75, 3.05) is 5.75 Å². The van der Waals surface area contributed by atoms with Gasteiger partial charge in [-0.2, -0.15) is 0 Å². The van der Waals surface area contributed by atoms with E-state index in [2.05, 4.69) is 4.98 Å². The maximum atomic E-state index is 12.7. The normalized spacial score (nSPS) is 11.2. The van der Waals surface area contributed by atoms with E-state index in [1.807, 2.05) is 6.07 Å². The molecule has 0 unspecified atom stereocenters. The van der Waals surface area contributed by atoms with Crippen LogP contribution in [0.3, 0.4) is 0 Å². The van der Waals surface area contributed by atoms with Crippen LogP contribution >= 0.6 is 23.4 Å². The lowest BCUT2D eigenvalue weighted by Gasteiger charge is -2.11. The molecule has 0 aliphatic carbocycles. The number of carboxylic acids is 1. The third kappa shape index (κ3) is 3.15. The molecule has 2 heterocycles. The first kappa shape index (κ1) is 18.3. The van der Waals surface area contributed by atoms with Crippen LogP contribution in [0.2, 0.25) is 5.02 Å². The van der Waals surface area contributed by atoms with Gasteiger partial charge in [0, 0.05) is 24.9 Å². The Morgan fingerprint density at radius 3 is 2.58 bits per heavy atom. The molecular weight excluding hydrogens is 380 g/mol. The number of halogens is 1. The number of benzene rings is 1. The molecule has 0 fully saturated rings. The molecule has 0 bridgehead atoms. The van der Waals surface area contributed by atoms with Gasteiger partial charge in [-0.25, -0.2) is 9.78 Å². The standard InChI is InChI=1S/C16H15ClN4O4S/c1-19-13-12(14(24)20(2)16(19)25)21(15(18-13)26-8-11(22)23)7-9-5-3-4-6-10(9)17/h3-6H,7-8H2,1-2H3,(H,22,23)/p-1. The van der Waals surface area contributed by atoms with Crippen molar-refractivity contribution in [2.45, 2.75) is 11.7 Å². The topological polar surface area (TPSA) is 102 Å². The van der Waals surface area contributed by atoms with Crippen LogP contribution in [0.5, 0.6) is 0 Å². The summed E-state index contributed by atoms with van der Waals surface area (Å²) in [5, 5.41) is 11.6. The molecule has 3 aromatic rings. The summed E-state index contributed by atoms with van der Waals surface area (Å²) in [5.74, 6) is -1.59. The molecule has 8 nitrogen and oxygen atoms in total. The van der Waals surface area contributed by atoms with Gasteiger partial charge in [0.05, 0.1) is 12.5 Å². The Morgan fingerprint density at radius 2 is 1.92 bits per heavy atom. The Hall–Kier alpha value is -2.52. The zero-order valence-corrected chi connectivity index (χ0v) is 15.5. The summed E-state index contributed by atoms with van der Waals surface area (Å²) >= 11 is 7.13. The Bertz CT molecular complexity index is 1130. The first-order valence-corrected chi connectivity index (χ1v) is 8.90. The average Bonchev–Trinajstić information content (AvgIpc) is 2.97. The van der Waals surface area contributed by atoms with Crippen LogP contribution in [0.15, 0.2) is 39.0 Å². The van der Waals surface area contributed by atoms with Gasteiger partial charge in [0.15, 0.2) is 16.3 Å². The van der Waals surface area contributed by atoms with Crippen molar-refractivity contribution in [1.29, 1.82) is 0 Å². The van der Waals surface area contributed by atoms with Gasteiger partial charge in [-0.1, -0.05) is 41.6 Å². The van der Waals surface area contributed by atoms with E-state index in [-0.39, 0.29) is 23.5 Å². The number of imidazole rings is 1. The molecule has 1 aromatic carbocycles. The fourth-order valence-corrected chi connectivity index (χ4v) is 3.51. The summed E-state index contributed by atoms with van der Waals surface area (Å²) in [6, 6.07) is 7.11. The van der Waals surface area contributed by atoms with E-state index in [0.717, 1.165) is 21.9 Å². The molecule has 0 atom stereocenters. The number of rotatable bonds is 5. The SMILES string of the molecule is Cn1c(=O)c2c(nc(SCC(=O)[O-])n2Cc2ccccc2Cl)n(C)c1=O. The lowest BCUT2D eigenvalue weighted by atomic mass is 10.2.